The van der Waals surface area contributed by atoms with Crippen molar-refractivity contribution in [3.8, 4) is 34.5 Å². The molecule has 10 nitrogen and oxygen atoms in total. The van der Waals surface area contributed by atoms with E-state index in [1.54, 1.807) is 59.7 Å². The number of para-hydroxylation sites is 4. The first-order chi connectivity index (χ1) is 29.3. The molecule has 0 saturated heterocycles. The van der Waals surface area contributed by atoms with Crippen molar-refractivity contribution in [1.29, 1.82) is 0 Å². The Hall–Kier alpha value is -6.82. The first-order valence-corrected chi connectivity index (χ1v) is 19.7. The first kappa shape index (κ1) is 42.8. The van der Waals surface area contributed by atoms with Crippen LogP contribution in [0.15, 0.2) is 146 Å². The molecule has 2 aliphatic rings. The Morgan fingerprint density at radius 1 is 0.600 bits per heavy atom. The molecule has 0 N–H and O–H groups in total. The summed E-state index contributed by atoms with van der Waals surface area (Å²) in [6.45, 7) is 3.68. The average Bonchev–Trinajstić information content (AvgIpc) is 3.96. The molecule has 8 rings (SSSR count). The molecule has 0 radical (unpaired) electrons. The maximum atomic E-state index is 13.3. The zero-order valence-corrected chi connectivity index (χ0v) is 33.8. The van der Waals surface area contributed by atoms with Crippen molar-refractivity contribution >= 4 is 23.2 Å². The molecule has 2 fully saturated rings. The molecule has 12 heteroatoms. The van der Waals surface area contributed by atoms with Gasteiger partial charge in [0.15, 0.2) is 11.5 Å². The fourth-order valence-corrected chi connectivity index (χ4v) is 6.22. The number of nitrogens with zero attached hydrogens (tertiary/aromatic N) is 4. The van der Waals surface area contributed by atoms with Crippen molar-refractivity contribution in [3.05, 3.63) is 157 Å². The number of ether oxygens (including phenoxy) is 4. The summed E-state index contributed by atoms with van der Waals surface area (Å²) in [7, 11) is 0.500. The van der Waals surface area contributed by atoms with Crippen LogP contribution < -0.4 is 28.7 Å². The monoisotopic (exact) mass is 812 g/mol. The summed E-state index contributed by atoms with van der Waals surface area (Å²) in [4.78, 5) is 36.7. The second-order valence-corrected chi connectivity index (χ2v) is 14.0. The van der Waals surface area contributed by atoms with E-state index in [2.05, 4.69) is 9.97 Å². The Morgan fingerprint density at radius 2 is 1.02 bits per heavy atom. The van der Waals surface area contributed by atoms with E-state index in [4.69, 9.17) is 18.9 Å². The number of carbonyl (C=O) groups is 2. The maximum absolute atomic E-state index is 13.3. The number of carbonyl (C=O) groups excluding carboxylic acids is 2. The third kappa shape index (κ3) is 11.6. The molecule has 0 bridgehead atoms. The quantitative estimate of drug-likeness (QED) is 0.107. The standard InChI is InChI=1S/C24H24N2O3.C23H21FN2O3.CH3F/c1-18(27)26(17-19-8-5-6-13-23(19)28-21-11-7-12-21)22-16-25-15-14-24(22)29-20-9-3-2-4-10-20;1-16(27)26(15-17-7-5-6-10-21(17)29-23-13-19(23)24)20-14-25-12-11-22(20)28-18-8-3-2-4-9-18;1-2/h2-6,8-10,13-16,21H,7,11-12,17H2,1H3;2-12,14,19,23H,13,15H2,1H3;1H3/i;24-1;2-1. The topological polar surface area (TPSA) is 103 Å². The Labute approximate surface area is 349 Å². The van der Waals surface area contributed by atoms with Crippen LogP contribution in [0.5, 0.6) is 34.5 Å². The minimum Gasteiger partial charge on any atom is -0.490 e. The van der Waals surface area contributed by atoms with Crippen LogP contribution >= 0.6 is 0 Å². The number of anilines is 2. The summed E-state index contributed by atoms with van der Waals surface area (Å²) < 4.78 is 46.7. The molecule has 2 atom stereocenters. The number of amides is 2. The van der Waals surface area contributed by atoms with Crippen molar-refractivity contribution in [1.82, 2.24) is 9.97 Å². The normalized spacial score (nSPS) is 15.0. The lowest BCUT2D eigenvalue weighted by Crippen LogP contribution is -2.29. The van der Waals surface area contributed by atoms with Gasteiger partial charge in [0.1, 0.15) is 46.6 Å². The van der Waals surface area contributed by atoms with Gasteiger partial charge in [0.25, 0.3) is 0 Å². The van der Waals surface area contributed by atoms with Gasteiger partial charge in [0, 0.05) is 55.9 Å². The van der Waals surface area contributed by atoms with Crippen LogP contribution in [0, 0.1) is 0 Å². The second kappa shape index (κ2) is 21.3. The number of hydrogen-bond donors (Lipinski definition) is 0. The van der Waals surface area contributed by atoms with Crippen molar-refractivity contribution < 1.29 is 37.3 Å². The van der Waals surface area contributed by atoms with Gasteiger partial charge in [-0.05, 0) is 55.7 Å². The molecule has 310 valence electrons. The van der Waals surface area contributed by atoms with Crippen LogP contribution in [0.1, 0.15) is 50.7 Å². The van der Waals surface area contributed by atoms with Gasteiger partial charge < -0.3 is 28.7 Å². The predicted molar refractivity (Wildman–Crippen MR) is 227 cm³/mol. The van der Waals surface area contributed by atoms with Gasteiger partial charge in [-0.1, -0.05) is 72.8 Å². The van der Waals surface area contributed by atoms with E-state index >= 15 is 0 Å². The minimum absolute atomic E-state index is 0.0886. The van der Waals surface area contributed by atoms with Crippen LogP contribution in [0.3, 0.4) is 0 Å². The fraction of sp³-hybridized carbons (Fsp3) is 0.250. The van der Waals surface area contributed by atoms with Gasteiger partial charge >= 0.3 is 0 Å². The molecule has 0 spiro atoms. The summed E-state index contributed by atoms with van der Waals surface area (Å²) in [5.41, 5.74) is 2.93. The first-order valence-electron chi connectivity index (χ1n) is 19.7. The Balaban J connectivity index is 0.000000193. The third-order valence-electron chi connectivity index (χ3n) is 9.69. The minimum atomic E-state index is -0.920. The molecule has 6 aromatic rings. The van der Waals surface area contributed by atoms with Crippen molar-refractivity contribution in [3.63, 3.8) is 0 Å². The molecule has 2 amide bonds. The molecule has 2 heterocycles. The van der Waals surface area contributed by atoms with Crippen LogP contribution in [0.2, 0.25) is 0 Å². The Morgan fingerprint density at radius 3 is 1.42 bits per heavy atom. The van der Waals surface area contributed by atoms with Gasteiger partial charge in [-0.2, -0.15) is 0 Å². The molecule has 0 aliphatic heterocycles. The summed E-state index contributed by atoms with van der Waals surface area (Å²) in [5.74, 6) is 3.63. The van der Waals surface area contributed by atoms with E-state index in [9.17, 15) is 18.4 Å². The molecular formula is C48H48F2N4O6. The van der Waals surface area contributed by atoms with E-state index in [1.165, 1.54) is 13.3 Å². The molecule has 2 aromatic heterocycles. The number of rotatable bonds is 14. The van der Waals surface area contributed by atoms with Crippen molar-refractivity contribution in [2.45, 2.75) is 71.0 Å². The smallest absolute Gasteiger partial charge is 0.224 e. The number of alkyl halides is 2. The average molecular weight is 813 g/mol. The summed E-state index contributed by atoms with van der Waals surface area (Å²) in [6.07, 6.45) is 9.27. The third-order valence-corrected chi connectivity index (χ3v) is 9.69. The highest BCUT2D eigenvalue weighted by Crippen LogP contribution is 2.37. The van der Waals surface area contributed by atoms with Gasteiger partial charge in [0.05, 0.1) is 38.8 Å². The van der Waals surface area contributed by atoms with E-state index in [0.29, 0.717) is 60.3 Å². The van der Waals surface area contributed by atoms with Crippen LogP contribution in [0.25, 0.3) is 0 Å². The molecule has 2 unspecified atom stereocenters. The van der Waals surface area contributed by atoms with Crippen LogP contribution in [-0.2, 0) is 22.7 Å². The zero-order valence-electron chi connectivity index (χ0n) is 33.8. The van der Waals surface area contributed by atoms with Crippen LogP contribution in [-0.4, -0.2) is 47.3 Å². The molecular weight excluding hydrogens is 765 g/mol. The van der Waals surface area contributed by atoms with Gasteiger partial charge in [-0.3, -0.25) is 23.9 Å². The number of benzene rings is 4. The second-order valence-electron chi connectivity index (χ2n) is 14.0. The number of aromatic nitrogens is 2. The lowest BCUT2D eigenvalue weighted by Gasteiger charge is -2.29. The number of halogens is 2. The van der Waals surface area contributed by atoms with E-state index in [1.807, 2.05) is 103 Å². The lowest BCUT2D eigenvalue weighted by molar-refractivity contribution is -0.117. The van der Waals surface area contributed by atoms with Crippen LogP contribution in [0.4, 0.5) is 20.2 Å². The van der Waals surface area contributed by atoms with E-state index < -0.39 is 12.3 Å². The van der Waals surface area contributed by atoms with Gasteiger partial charge in [-0.25, -0.2) is 4.39 Å². The summed E-state index contributed by atoms with van der Waals surface area (Å²) in [6, 6.07) is 37.6. The maximum Gasteiger partial charge on any atom is 0.224 e. The number of pyridine rings is 2. The van der Waals surface area contributed by atoms with Gasteiger partial charge in [-0.15, -0.1) is 0 Å². The Bertz CT molecular complexity index is 2150. The molecule has 2 saturated carbocycles. The fourth-order valence-electron chi connectivity index (χ4n) is 6.22. The van der Waals surface area contributed by atoms with E-state index in [-0.39, 0.29) is 24.5 Å². The van der Waals surface area contributed by atoms with Crippen molar-refractivity contribution in [2.75, 3.05) is 17.0 Å². The largest absolute Gasteiger partial charge is 0.490 e. The zero-order chi connectivity index (χ0) is 42.3. The highest BCUT2D eigenvalue weighted by atomic mass is 18.2. The molecule has 2 aliphatic carbocycles. The van der Waals surface area contributed by atoms with Gasteiger partial charge in [0.2, 0.25) is 11.8 Å². The summed E-state index contributed by atoms with van der Waals surface area (Å²) >= 11 is 0. The molecule has 4 aromatic carbocycles. The van der Waals surface area contributed by atoms with E-state index in [0.717, 1.165) is 29.7 Å². The highest BCUT2D eigenvalue weighted by Gasteiger charge is 2.40. The highest BCUT2D eigenvalue weighted by molar-refractivity contribution is 5.93. The molecule has 60 heavy (non-hydrogen) atoms. The predicted octanol–water partition coefficient (Wildman–Crippen LogP) is 10.9. The Kier molecular flexibility index (Phi) is 15.2. The lowest BCUT2D eigenvalue weighted by atomic mass is 9.96. The van der Waals surface area contributed by atoms with Crippen molar-refractivity contribution in [2.24, 2.45) is 0 Å². The summed E-state index contributed by atoms with van der Waals surface area (Å²) in [5, 5.41) is 0. The number of hydrogen-bond acceptors (Lipinski definition) is 8. The SMILES string of the molecule is CC(=O)N(Cc1ccccc1OC1CC1[18F])c1cnccc1Oc1ccccc1.CC(=O)N(Cc1ccccc1OC1CCC1)c1cnccc1Oc1ccccc1.C[18F].